The summed E-state index contributed by atoms with van der Waals surface area (Å²) in [6.45, 7) is 4.12. The molecule has 4 aromatic rings. The number of fused-ring (bicyclic) bond motifs is 1. The van der Waals surface area contributed by atoms with Gasteiger partial charge in [-0.2, -0.15) is 0 Å². The van der Waals surface area contributed by atoms with Crippen molar-refractivity contribution in [3.63, 3.8) is 0 Å². The molecule has 2 aromatic heterocycles. The van der Waals surface area contributed by atoms with Gasteiger partial charge in [-0.15, -0.1) is 0 Å². The van der Waals surface area contributed by atoms with Crippen molar-refractivity contribution >= 4 is 34.5 Å². The lowest BCUT2D eigenvalue weighted by molar-refractivity contribution is 0.856. The second kappa shape index (κ2) is 7.26. The first-order valence-electron chi connectivity index (χ1n) is 8.74. The van der Waals surface area contributed by atoms with Crippen molar-refractivity contribution in [2.45, 2.75) is 19.9 Å². The van der Waals surface area contributed by atoms with Crippen LogP contribution in [0.25, 0.3) is 5.65 Å². The molecule has 27 heavy (non-hydrogen) atoms. The van der Waals surface area contributed by atoms with Gasteiger partial charge in [0.2, 0.25) is 0 Å². The zero-order chi connectivity index (χ0) is 19.0. The van der Waals surface area contributed by atoms with Crippen molar-refractivity contribution in [2.24, 2.45) is 0 Å². The van der Waals surface area contributed by atoms with Gasteiger partial charge >= 0.3 is 0 Å². The molecular formula is C22H19Cl2N3. The number of hydrogen-bond donors (Lipinski definition) is 1. The average molecular weight is 396 g/mol. The van der Waals surface area contributed by atoms with Crippen molar-refractivity contribution in [1.82, 2.24) is 9.38 Å². The van der Waals surface area contributed by atoms with E-state index in [1.54, 1.807) is 6.07 Å². The molecule has 2 aromatic carbocycles. The number of pyridine rings is 1. The average Bonchev–Trinajstić information content (AvgIpc) is 2.97. The highest BCUT2D eigenvalue weighted by Gasteiger charge is 2.22. The molecule has 1 unspecified atom stereocenters. The molecule has 0 spiro atoms. The number of nitrogens with one attached hydrogen (secondary N) is 1. The molecule has 0 aliphatic carbocycles. The molecule has 5 heteroatoms. The van der Waals surface area contributed by atoms with Crippen molar-refractivity contribution in [3.05, 3.63) is 99.4 Å². The molecule has 136 valence electrons. The lowest BCUT2D eigenvalue weighted by Gasteiger charge is -2.22. The van der Waals surface area contributed by atoms with Crippen molar-refractivity contribution < 1.29 is 0 Å². The van der Waals surface area contributed by atoms with E-state index in [9.17, 15) is 0 Å². The quantitative estimate of drug-likeness (QED) is 0.429. The van der Waals surface area contributed by atoms with E-state index in [4.69, 9.17) is 28.2 Å². The number of rotatable bonds is 4. The fourth-order valence-electron chi connectivity index (χ4n) is 3.44. The van der Waals surface area contributed by atoms with Gasteiger partial charge in [-0.3, -0.25) is 0 Å². The summed E-state index contributed by atoms with van der Waals surface area (Å²) in [4.78, 5) is 4.81. The number of aromatic nitrogens is 2. The maximum Gasteiger partial charge on any atom is 0.140 e. The maximum atomic E-state index is 6.21. The largest absolute Gasteiger partial charge is 0.373 e. The number of anilines is 1. The number of aryl methyl sites for hydroxylation is 2. The first kappa shape index (κ1) is 17.9. The monoisotopic (exact) mass is 395 g/mol. The van der Waals surface area contributed by atoms with Crippen LogP contribution in [0.3, 0.4) is 0 Å². The van der Waals surface area contributed by atoms with Crippen LogP contribution in [-0.2, 0) is 0 Å². The second-order valence-corrected chi connectivity index (χ2v) is 7.49. The van der Waals surface area contributed by atoms with Crippen molar-refractivity contribution in [1.29, 1.82) is 0 Å². The number of halogens is 2. The summed E-state index contributed by atoms with van der Waals surface area (Å²) in [5, 5.41) is 4.80. The Kier molecular flexibility index (Phi) is 4.81. The first-order valence-corrected chi connectivity index (χ1v) is 9.50. The van der Waals surface area contributed by atoms with Crippen LogP contribution in [0.4, 0.5) is 5.69 Å². The molecule has 0 bridgehead atoms. The summed E-state index contributed by atoms with van der Waals surface area (Å²) in [7, 11) is 0. The molecular weight excluding hydrogens is 377 g/mol. The molecule has 0 saturated carbocycles. The Morgan fingerprint density at radius 1 is 0.926 bits per heavy atom. The van der Waals surface area contributed by atoms with Gasteiger partial charge in [0.25, 0.3) is 0 Å². The van der Waals surface area contributed by atoms with Gasteiger partial charge in [-0.1, -0.05) is 59.6 Å². The molecule has 0 aliphatic rings. The third-order valence-corrected chi connectivity index (χ3v) is 5.08. The van der Waals surface area contributed by atoms with Crippen LogP contribution in [0.15, 0.2) is 66.9 Å². The molecule has 0 aliphatic heterocycles. The van der Waals surface area contributed by atoms with Gasteiger partial charge in [0.1, 0.15) is 5.65 Å². The molecule has 0 amide bonds. The predicted octanol–water partition coefficient (Wildman–Crippen LogP) is 6.46. The zero-order valence-corrected chi connectivity index (χ0v) is 16.6. The minimum Gasteiger partial charge on any atom is -0.373 e. The molecule has 2 heterocycles. The van der Waals surface area contributed by atoms with Gasteiger partial charge in [0.15, 0.2) is 0 Å². The fourth-order valence-corrected chi connectivity index (χ4v) is 3.97. The van der Waals surface area contributed by atoms with E-state index < -0.39 is 0 Å². The summed E-state index contributed by atoms with van der Waals surface area (Å²) >= 11 is 12.4. The standard InChI is InChI=1S/C22H19Cl2N3/c1-14-7-6-10-27-21(15(2)25-22(14)27)20(16-8-4-3-5-9-16)26-19-12-17(23)11-18(24)13-19/h3-13,20,26H,1-2H3. The number of nitrogens with zero attached hydrogens (tertiary/aromatic N) is 2. The molecule has 3 nitrogen and oxygen atoms in total. The number of benzene rings is 2. The van der Waals surface area contributed by atoms with E-state index in [2.05, 4.69) is 41.0 Å². The highest BCUT2D eigenvalue weighted by molar-refractivity contribution is 6.35. The highest BCUT2D eigenvalue weighted by Crippen LogP contribution is 2.32. The van der Waals surface area contributed by atoms with Gasteiger partial charge in [-0.05, 0) is 49.2 Å². The van der Waals surface area contributed by atoms with Crippen LogP contribution < -0.4 is 5.32 Å². The van der Waals surface area contributed by atoms with Crippen LogP contribution in [0.1, 0.15) is 28.6 Å². The summed E-state index contributed by atoms with van der Waals surface area (Å²) in [6, 6.07) is 19.8. The maximum absolute atomic E-state index is 6.21. The van der Waals surface area contributed by atoms with Crippen LogP contribution in [0.2, 0.25) is 10.0 Å². The Morgan fingerprint density at radius 3 is 2.33 bits per heavy atom. The Bertz CT molecular complexity index is 1080. The molecule has 0 saturated heterocycles. The summed E-state index contributed by atoms with van der Waals surface area (Å²) in [5.41, 5.74) is 6.19. The lowest BCUT2D eigenvalue weighted by Crippen LogP contribution is -2.15. The Balaban J connectivity index is 1.89. The Hall–Kier alpha value is -2.49. The SMILES string of the molecule is Cc1nc2c(C)cccn2c1C(Nc1cc(Cl)cc(Cl)c1)c1ccccc1. The molecule has 4 rings (SSSR count). The Morgan fingerprint density at radius 2 is 1.63 bits per heavy atom. The van der Waals surface area contributed by atoms with Crippen LogP contribution >= 0.6 is 23.2 Å². The van der Waals surface area contributed by atoms with Crippen LogP contribution in [0.5, 0.6) is 0 Å². The van der Waals surface area contributed by atoms with E-state index in [1.807, 2.05) is 43.3 Å². The van der Waals surface area contributed by atoms with E-state index in [-0.39, 0.29) is 6.04 Å². The third-order valence-electron chi connectivity index (χ3n) is 4.65. The predicted molar refractivity (Wildman–Crippen MR) is 113 cm³/mol. The van der Waals surface area contributed by atoms with Crippen molar-refractivity contribution in [3.8, 4) is 0 Å². The van der Waals surface area contributed by atoms with E-state index in [1.165, 1.54) is 0 Å². The zero-order valence-electron chi connectivity index (χ0n) is 15.1. The normalized spacial score (nSPS) is 12.3. The number of imidazole rings is 1. The van der Waals surface area contributed by atoms with Crippen LogP contribution in [0, 0.1) is 13.8 Å². The number of hydrogen-bond acceptors (Lipinski definition) is 2. The lowest BCUT2D eigenvalue weighted by atomic mass is 10.0. The van der Waals surface area contributed by atoms with Crippen LogP contribution in [-0.4, -0.2) is 9.38 Å². The Labute approximate surface area is 168 Å². The third kappa shape index (κ3) is 3.53. The topological polar surface area (TPSA) is 29.3 Å². The van der Waals surface area contributed by atoms with Gasteiger partial charge in [0, 0.05) is 21.9 Å². The van der Waals surface area contributed by atoms with E-state index in [0.717, 1.165) is 33.8 Å². The summed E-state index contributed by atoms with van der Waals surface area (Å²) in [6.07, 6.45) is 2.06. The van der Waals surface area contributed by atoms with Gasteiger partial charge in [0.05, 0.1) is 17.4 Å². The van der Waals surface area contributed by atoms with Gasteiger partial charge in [-0.25, -0.2) is 4.98 Å². The van der Waals surface area contributed by atoms with Gasteiger partial charge < -0.3 is 9.72 Å². The van der Waals surface area contributed by atoms with E-state index in [0.29, 0.717) is 10.0 Å². The summed E-state index contributed by atoms with van der Waals surface area (Å²) in [5.74, 6) is 0. The molecule has 1 atom stereocenters. The first-order chi connectivity index (χ1) is 13.0. The fraction of sp³-hybridized carbons (Fsp3) is 0.136. The smallest absolute Gasteiger partial charge is 0.140 e. The molecule has 0 fully saturated rings. The highest BCUT2D eigenvalue weighted by atomic mass is 35.5. The molecule has 1 N–H and O–H groups in total. The second-order valence-electron chi connectivity index (χ2n) is 6.61. The minimum atomic E-state index is -0.0995. The minimum absolute atomic E-state index is 0.0995. The summed E-state index contributed by atoms with van der Waals surface area (Å²) < 4.78 is 2.15. The van der Waals surface area contributed by atoms with E-state index >= 15 is 0 Å². The van der Waals surface area contributed by atoms with Crippen molar-refractivity contribution in [2.75, 3.05) is 5.32 Å². The molecule has 0 radical (unpaired) electrons.